The lowest BCUT2D eigenvalue weighted by atomic mass is 10.1. The molecule has 4 amide bonds. The Hall–Kier alpha value is -4.04. The molecule has 83 heavy (non-hydrogen) atoms. The van der Waals surface area contributed by atoms with Gasteiger partial charge in [-0.25, -0.2) is 31.7 Å². The van der Waals surface area contributed by atoms with Gasteiger partial charge in [-0.05, 0) is 177 Å². The van der Waals surface area contributed by atoms with E-state index in [-0.39, 0.29) is 53.3 Å². The van der Waals surface area contributed by atoms with E-state index in [0.717, 1.165) is 72.6 Å². The number of fused-ring (bicyclic) bond motifs is 2. The highest BCUT2D eigenvalue weighted by Gasteiger charge is 2.39. The van der Waals surface area contributed by atoms with Gasteiger partial charge in [0.05, 0.1) is 48.3 Å². The Bertz CT molecular complexity index is 3020. The number of carbonyl (C=O) groups is 2. The van der Waals surface area contributed by atoms with Crippen molar-refractivity contribution in [3.05, 3.63) is 114 Å². The smallest absolute Gasteiger partial charge is 0.314 e. The average molecular weight is 1270 g/mol. The molecule has 6 N–H and O–H groups in total. The second-order valence-electron chi connectivity index (χ2n) is 22.2. The summed E-state index contributed by atoms with van der Waals surface area (Å²) in [5.74, 6) is 1.32. The van der Waals surface area contributed by atoms with E-state index in [1.807, 2.05) is 72.4 Å². The van der Waals surface area contributed by atoms with Crippen LogP contribution < -0.4 is 40.2 Å². The Morgan fingerprint density at radius 3 is 1.59 bits per heavy atom. The van der Waals surface area contributed by atoms with Crippen LogP contribution >= 0.6 is 46.4 Å². The molecule has 4 aromatic rings. The Balaban J connectivity index is 0.602. The van der Waals surface area contributed by atoms with Crippen molar-refractivity contribution in [2.45, 2.75) is 98.5 Å². The van der Waals surface area contributed by atoms with Crippen molar-refractivity contribution in [3.63, 3.8) is 0 Å². The number of sulfonamides is 1. The fraction of sp³-hybridized carbons (Fsp3) is 0.552. The van der Waals surface area contributed by atoms with E-state index in [4.69, 9.17) is 65.4 Å². The molecule has 7 atom stereocenters. The van der Waals surface area contributed by atoms with Crippen LogP contribution in [0.4, 0.5) is 9.59 Å². The summed E-state index contributed by atoms with van der Waals surface area (Å²) in [6.45, 7) is 11.4. The van der Waals surface area contributed by atoms with E-state index in [9.17, 15) is 22.2 Å². The highest BCUT2D eigenvalue weighted by atomic mass is 35.5. The van der Waals surface area contributed by atoms with E-state index in [1.165, 1.54) is 0 Å². The van der Waals surface area contributed by atoms with Crippen LogP contribution in [0.3, 0.4) is 0 Å². The number of nitrogens with zero attached hydrogens (tertiary/aromatic N) is 4. The third-order valence-electron chi connectivity index (χ3n) is 15.7. The third kappa shape index (κ3) is 18.0. The molecular formula is C58H80Cl4N10O9S2. The van der Waals surface area contributed by atoms with E-state index in [0.29, 0.717) is 128 Å². The van der Waals surface area contributed by atoms with Gasteiger partial charge in [-0.1, -0.05) is 46.4 Å². The lowest BCUT2D eigenvalue weighted by Gasteiger charge is -2.28. The van der Waals surface area contributed by atoms with Crippen LogP contribution in [-0.2, 0) is 43.3 Å². The minimum atomic E-state index is -3.79. The number of ether oxygens (including phenoxy) is 4. The first kappa shape index (κ1) is 64.9. The number of amides is 4. The largest absolute Gasteiger partial charge is 0.484 e. The van der Waals surface area contributed by atoms with Crippen molar-refractivity contribution in [2.24, 2.45) is 0 Å². The predicted molar refractivity (Wildman–Crippen MR) is 328 cm³/mol. The van der Waals surface area contributed by atoms with Gasteiger partial charge in [-0.3, -0.25) is 9.80 Å². The Kier molecular flexibility index (Phi) is 23.9. The maximum atomic E-state index is 13.5. The second kappa shape index (κ2) is 30.5. The molecule has 456 valence electrons. The summed E-state index contributed by atoms with van der Waals surface area (Å²) < 4.78 is 71.3. The molecule has 19 nitrogen and oxygen atoms in total. The highest BCUT2D eigenvalue weighted by Crippen LogP contribution is 2.44. The van der Waals surface area contributed by atoms with Crippen LogP contribution in [0.1, 0.15) is 71.3 Å². The fourth-order valence-corrected chi connectivity index (χ4v) is 14.7. The second-order valence-corrected chi connectivity index (χ2v) is 26.8. The molecule has 2 fully saturated rings. The molecule has 2 saturated heterocycles. The molecule has 2 heterocycles. The number of hydrogen-bond acceptors (Lipinski definition) is 13. The Morgan fingerprint density at radius 1 is 0.627 bits per heavy atom. The molecule has 2 aliphatic heterocycles. The molecular weight excluding hydrogens is 1190 g/mol. The number of urea groups is 2. The van der Waals surface area contributed by atoms with Crippen LogP contribution in [0, 0.1) is 13.8 Å². The summed E-state index contributed by atoms with van der Waals surface area (Å²) in [5, 5.41) is 13.6. The first-order chi connectivity index (χ1) is 39.7. The summed E-state index contributed by atoms with van der Waals surface area (Å²) in [6.07, 6.45) is 3.82. The van der Waals surface area contributed by atoms with Gasteiger partial charge in [-0.15, -0.1) is 0 Å². The summed E-state index contributed by atoms with van der Waals surface area (Å²) in [7, 11) is 2.88. The number of aryl methyl sites for hydroxylation is 2. The topological polar surface area (TPSA) is 207 Å². The van der Waals surface area contributed by atoms with Crippen LogP contribution in [0.5, 0.6) is 11.5 Å². The first-order valence-electron chi connectivity index (χ1n) is 28.4. The van der Waals surface area contributed by atoms with Crippen LogP contribution in [-0.4, -0.2) is 189 Å². The zero-order valence-electron chi connectivity index (χ0n) is 48.2. The fourth-order valence-electron chi connectivity index (χ4n) is 11.1. The summed E-state index contributed by atoms with van der Waals surface area (Å²) >= 11 is 25.9. The van der Waals surface area contributed by atoms with E-state index in [1.54, 1.807) is 30.3 Å². The van der Waals surface area contributed by atoms with Crippen molar-refractivity contribution >= 4 is 79.5 Å². The van der Waals surface area contributed by atoms with Crippen LogP contribution in [0.15, 0.2) is 70.5 Å². The van der Waals surface area contributed by atoms with Crippen molar-refractivity contribution in [1.29, 1.82) is 0 Å². The SMILES string of the molecule is Cc1cc(S(=O)N[C@@H]2CCN(CCOCCNC(=O)NCCCCNC(=O)NCCOCCN3CC[C@@H](NS(=O)(=O)c4ccc(O[C@H]5c6cc(Cl)cc(Cl)c6C[C@@H]5N(C)C)c(C)c4)C3)C2)ccc1O[C@H]1c2cc(Cl)cc(Cl)c2C[C@@H]1N(C)C. The van der Waals surface area contributed by atoms with Crippen molar-refractivity contribution in [1.82, 2.24) is 50.3 Å². The number of likely N-dealkylation sites (N-methyl/N-ethyl adjacent to an activating group) is 2. The maximum Gasteiger partial charge on any atom is 0.314 e. The molecule has 8 rings (SSSR count). The van der Waals surface area contributed by atoms with Crippen molar-refractivity contribution in [3.8, 4) is 11.5 Å². The van der Waals surface area contributed by atoms with Gasteiger partial charge in [0.25, 0.3) is 0 Å². The van der Waals surface area contributed by atoms with Gasteiger partial charge >= 0.3 is 12.1 Å². The summed E-state index contributed by atoms with van der Waals surface area (Å²) in [5.41, 5.74) is 5.59. The quantitative estimate of drug-likeness (QED) is 0.0296. The van der Waals surface area contributed by atoms with E-state index in [2.05, 4.69) is 50.3 Å². The molecule has 0 bridgehead atoms. The molecule has 25 heteroatoms. The number of nitrogens with one attached hydrogen (secondary N) is 6. The Morgan fingerprint density at radius 2 is 1.10 bits per heavy atom. The highest BCUT2D eigenvalue weighted by molar-refractivity contribution is 7.89. The lowest BCUT2D eigenvalue weighted by Crippen LogP contribution is -2.39. The van der Waals surface area contributed by atoms with Crippen molar-refractivity contribution in [2.75, 3.05) is 120 Å². The average Bonchev–Trinajstić information content (AvgIpc) is 3.36. The zero-order chi connectivity index (χ0) is 59.4. The molecule has 0 radical (unpaired) electrons. The number of benzene rings is 4. The number of carbonyl (C=O) groups excluding carboxylic acids is 2. The van der Waals surface area contributed by atoms with Gasteiger partial charge in [0, 0.05) is 95.7 Å². The number of halogens is 4. The van der Waals surface area contributed by atoms with Gasteiger partial charge < -0.3 is 50.0 Å². The minimum Gasteiger partial charge on any atom is -0.484 e. The molecule has 2 aliphatic carbocycles. The van der Waals surface area contributed by atoms with Gasteiger partial charge in [0.2, 0.25) is 10.0 Å². The molecule has 1 unspecified atom stereocenters. The number of rotatable bonds is 29. The van der Waals surface area contributed by atoms with E-state index >= 15 is 0 Å². The Labute approximate surface area is 512 Å². The summed E-state index contributed by atoms with van der Waals surface area (Å²) in [6, 6.07) is 17.3. The monoisotopic (exact) mass is 1260 g/mol. The first-order valence-corrected chi connectivity index (χ1v) is 32.5. The van der Waals surface area contributed by atoms with E-state index < -0.39 is 21.0 Å². The number of likely N-dealkylation sites (tertiary alicyclic amines) is 2. The maximum absolute atomic E-state index is 13.5. The molecule has 0 spiro atoms. The number of unbranched alkanes of at least 4 members (excludes halogenated alkanes) is 1. The molecule has 4 aliphatic rings. The van der Waals surface area contributed by atoms with Crippen molar-refractivity contribution < 1.29 is 41.2 Å². The minimum absolute atomic E-state index is 0.0270. The normalized spacial score (nSPS) is 21.1. The molecule has 4 aromatic carbocycles. The summed E-state index contributed by atoms with van der Waals surface area (Å²) in [4.78, 5) is 34.1. The zero-order valence-corrected chi connectivity index (χ0v) is 52.8. The number of hydrogen-bond donors (Lipinski definition) is 6. The third-order valence-corrected chi connectivity index (χ3v) is 19.5. The van der Waals surface area contributed by atoms with Gasteiger partial charge in [0.1, 0.15) is 34.7 Å². The van der Waals surface area contributed by atoms with Gasteiger partial charge in [0.15, 0.2) is 0 Å². The predicted octanol–water partition coefficient (Wildman–Crippen LogP) is 7.28. The molecule has 0 saturated carbocycles. The standard InChI is InChI=1S/C58H80Cl4N10O9S2/c1-37-27-43(9-11-53(37)80-55-47-29-39(59)31-49(61)45(47)33-51(55)69(3)4)82(75)67-41-13-19-71(35-41)21-25-78-23-17-65-57(73)63-15-7-8-16-64-58(74)66-18-24-79-26-22-72-20-14-42(36-72)68-83(76,77)44-10-12-54(38(2)28-44)81-56-48-30-40(60)32-50(62)46(48)34-52(56)70(5)6/h9-12,27-32,41-42,51-52,55-56,67-68H,7-8,13-26,33-36H2,1-6H3,(H2,63,65,73)(H2,64,66,74)/t41-,42-,51+,52+,55+,56+,82?/m1/s1. The van der Waals surface area contributed by atoms with Gasteiger partial charge in [-0.2, -0.15) is 0 Å². The van der Waals surface area contributed by atoms with Crippen LogP contribution in [0.2, 0.25) is 20.1 Å². The molecule has 0 aromatic heterocycles. The van der Waals surface area contributed by atoms with Crippen LogP contribution in [0.25, 0.3) is 0 Å². The lowest BCUT2D eigenvalue weighted by molar-refractivity contribution is 0.110.